The maximum atomic E-state index is 12.1. The molecule has 0 aliphatic carbocycles. The third kappa shape index (κ3) is 9.66. The fraction of sp³-hybridized carbons (Fsp3) is 0.440. The highest BCUT2D eigenvalue weighted by Gasteiger charge is 2.12. The van der Waals surface area contributed by atoms with Crippen LogP contribution in [0.2, 0.25) is 0 Å². The molecule has 3 rings (SSSR count). The monoisotopic (exact) mass is 426 g/mol. The molecule has 1 amide bonds. The van der Waals surface area contributed by atoms with E-state index in [1.807, 2.05) is 47.0 Å². The molecule has 0 radical (unpaired) electrons. The Balaban J connectivity index is 0.000000406. The summed E-state index contributed by atoms with van der Waals surface area (Å²) in [4.78, 5) is 24.4. The lowest BCUT2D eigenvalue weighted by atomic mass is 10.0. The minimum atomic E-state index is -0.121. The third-order valence-electron chi connectivity index (χ3n) is 5.04. The second-order valence-electron chi connectivity index (χ2n) is 8.06. The first-order chi connectivity index (χ1) is 14.8. The molecule has 1 unspecified atom stereocenters. The molecule has 1 atom stereocenters. The summed E-state index contributed by atoms with van der Waals surface area (Å²) in [7, 11) is 3.75. The van der Waals surface area contributed by atoms with Crippen LogP contribution in [-0.2, 0) is 4.79 Å². The summed E-state index contributed by atoms with van der Waals surface area (Å²) >= 11 is 0. The van der Waals surface area contributed by atoms with E-state index in [2.05, 4.69) is 27.7 Å². The van der Waals surface area contributed by atoms with Crippen molar-refractivity contribution >= 4 is 29.3 Å². The van der Waals surface area contributed by atoms with Gasteiger partial charge in [-0.25, -0.2) is 0 Å². The van der Waals surface area contributed by atoms with Crippen molar-refractivity contribution in [1.29, 1.82) is 0 Å². The molecular formula is C25H38N4O2. The first-order valence-corrected chi connectivity index (χ1v) is 10.9. The topological polar surface area (TPSA) is 87.5 Å². The lowest BCUT2D eigenvalue weighted by Gasteiger charge is -2.17. The van der Waals surface area contributed by atoms with Gasteiger partial charge in [0.2, 0.25) is 0 Å². The Morgan fingerprint density at radius 2 is 1.48 bits per heavy atom. The van der Waals surface area contributed by atoms with E-state index in [4.69, 9.17) is 5.73 Å². The fourth-order valence-corrected chi connectivity index (χ4v) is 2.73. The highest BCUT2D eigenvalue weighted by atomic mass is 16.1. The van der Waals surface area contributed by atoms with Crippen LogP contribution in [0.4, 0.5) is 17.1 Å². The molecule has 31 heavy (non-hydrogen) atoms. The number of rotatable bonds is 5. The van der Waals surface area contributed by atoms with Crippen molar-refractivity contribution < 1.29 is 9.59 Å². The number of benzene rings is 2. The molecule has 1 aliphatic rings. The molecule has 1 heterocycles. The van der Waals surface area contributed by atoms with Crippen LogP contribution in [0, 0.1) is 11.8 Å². The van der Waals surface area contributed by atoms with E-state index >= 15 is 0 Å². The number of hydrogen-bond donors (Lipinski definition) is 3. The molecule has 0 aromatic heterocycles. The van der Waals surface area contributed by atoms with Crippen LogP contribution in [0.15, 0.2) is 48.5 Å². The Labute approximate surface area is 187 Å². The Hall–Kier alpha value is -2.86. The number of carbonyl (C=O) groups is 2. The summed E-state index contributed by atoms with van der Waals surface area (Å²) in [6.45, 7) is 8.25. The van der Waals surface area contributed by atoms with Gasteiger partial charge in [-0.2, -0.15) is 0 Å². The molecule has 6 nitrogen and oxygen atoms in total. The summed E-state index contributed by atoms with van der Waals surface area (Å²) in [6.07, 6.45) is 3.51. The number of nitrogen functional groups attached to an aromatic ring is 1. The van der Waals surface area contributed by atoms with Gasteiger partial charge >= 0.3 is 0 Å². The highest BCUT2D eigenvalue weighted by molar-refractivity contribution is 6.04. The van der Waals surface area contributed by atoms with E-state index < -0.39 is 0 Å². The lowest BCUT2D eigenvalue weighted by Crippen LogP contribution is -2.17. The molecule has 0 spiro atoms. The number of nitrogens with zero attached hydrogens (tertiary/aromatic N) is 1. The van der Waals surface area contributed by atoms with E-state index in [0.717, 1.165) is 25.1 Å². The molecule has 6 heteroatoms. The Kier molecular flexibility index (Phi) is 12.0. The van der Waals surface area contributed by atoms with Crippen LogP contribution >= 0.6 is 0 Å². The number of amides is 1. The molecule has 1 fully saturated rings. The van der Waals surface area contributed by atoms with E-state index in [9.17, 15) is 9.59 Å². The smallest absolute Gasteiger partial charge is 0.255 e. The van der Waals surface area contributed by atoms with Crippen molar-refractivity contribution in [3.63, 3.8) is 0 Å². The summed E-state index contributed by atoms with van der Waals surface area (Å²) < 4.78 is 0. The standard InChI is InChI=1S/C17H19N3O.C6H12O.C2H7N/c18-14-5-3-13(4-6-14)17(21)19-15-7-9-16(10-8-15)20-11-1-2-12-20;1-5(2)6(3)4-7;1-3-2/h3-10H,1-2,11-12,18H2,(H,19,21);4-6H,1-3H3;3H,1-2H3. The van der Waals surface area contributed by atoms with Gasteiger partial charge in [0.15, 0.2) is 0 Å². The minimum absolute atomic E-state index is 0.121. The van der Waals surface area contributed by atoms with Gasteiger partial charge in [0.05, 0.1) is 0 Å². The first-order valence-electron chi connectivity index (χ1n) is 10.9. The Morgan fingerprint density at radius 1 is 0.968 bits per heavy atom. The molecule has 4 N–H and O–H groups in total. The molecular weight excluding hydrogens is 388 g/mol. The van der Waals surface area contributed by atoms with Crippen LogP contribution < -0.4 is 21.3 Å². The largest absolute Gasteiger partial charge is 0.399 e. The van der Waals surface area contributed by atoms with Gasteiger partial charge in [-0.3, -0.25) is 4.79 Å². The predicted octanol–water partition coefficient (Wildman–Crippen LogP) is 4.43. The SMILES string of the molecule is CC(C)C(C)C=O.CNC.Nc1ccc(C(=O)Nc2ccc(N3CCCC3)cc2)cc1. The predicted molar refractivity (Wildman–Crippen MR) is 132 cm³/mol. The van der Waals surface area contributed by atoms with Gasteiger partial charge in [0.25, 0.3) is 5.91 Å². The summed E-state index contributed by atoms with van der Waals surface area (Å²) in [5.41, 5.74) is 8.90. The number of nitrogens with two attached hydrogens (primary N) is 1. The fourth-order valence-electron chi connectivity index (χ4n) is 2.73. The average molecular weight is 427 g/mol. The van der Waals surface area contributed by atoms with E-state index in [1.54, 1.807) is 24.3 Å². The highest BCUT2D eigenvalue weighted by Crippen LogP contribution is 2.22. The Bertz CT molecular complexity index is 767. The van der Waals surface area contributed by atoms with Gasteiger partial charge < -0.3 is 26.1 Å². The maximum Gasteiger partial charge on any atom is 0.255 e. The van der Waals surface area contributed by atoms with Crippen molar-refractivity contribution in [1.82, 2.24) is 5.32 Å². The molecule has 2 aromatic carbocycles. The van der Waals surface area contributed by atoms with Gasteiger partial charge in [-0.15, -0.1) is 0 Å². The van der Waals surface area contributed by atoms with Crippen molar-refractivity contribution in [3.05, 3.63) is 54.1 Å². The van der Waals surface area contributed by atoms with Crippen LogP contribution in [0.25, 0.3) is 0 Å². The summed E-state index contributed by atoms with van der Waals surface area (Å²) in [5, 5.41) is 5.65. The quantitative estimate of drug-likeness (QED) is 0.486. The van der Waals surface area contributed by atoms with E-state index in [-0.39, 0.29) is 11.8 Å². The summed E-state index contributed by atoms with van der Waals surface area (Å²) in [6, 6.07) is 14.9. The zero-order chi connectivity index (χ0) is 23.2. The Morgan fingerprint density at radius 3 is 1.90 bits per heavy atom. The van der Waals surface area contributed by atoms with Crippen LogP contribution in [0.3, 0.4) is 0 Å². The molecule has 1 aliphatic heterocycles. The number of nitrogens with one attached hydrogen (secondary N) is 2. The first kappa shape index (κ1) is 26.2. The van der Waals surface area contributed by atoms with Gasteiger partial charge in [-0.05, 0) is 81.4 Å². The second kappa shape index (κ2) is 14.2. The van der Waals surface area contributed by atoms with Crippen molar-refractivity contribution in [2.45, 2.75) is 33.6 Å². The van der Waals surface area contributed by atoms with Crippen LogP contribution in [-0.4, -0.2) is 39.4 Å². The number of carbonyl (C=O) groups excluding carboxylic acids is 2. The lowest BCUT2D eigenvalue weighted by molar-refractivity contribution is -0.111. The molecule has 2 aromatic rings. The molecule has 0 bridgehead atoms. The molecule has 170 valence electrons. The van der Waals surface area contributed by atoms with Gasteiger partial charge in [0, 0.05) is 41.6 Å². The molecule has 0 saturated carbocycles. The van der Waals surface area contributed by atoms with Gasteiger partial charge in [0.1, 0.15) is 6.29 Å². The number of hydrogen-bond acceptors (Lipinski definition) is 5. The second-order valence-corrected chi connectivity index (χ2v) is 8.06. The number of anilines is 3. The number of aldehydes is 1. The third-order valence-corrected chi connectivity index (χ3v) is 5.04. The maximum absolute atomic E-state index is 12.1. The van der Waals surface area contributed by atoms with Crippen LogP contribution in [0.1, 0.15) is 44.0 Å². The van der Waals surface area contributed by atoms with Crippen molar-refractivity contribution in [3.8, 4) is 0 Å². The van der Waals surface area contributed by atoms with Crippen molar-refractivity contribution in [2.75, 3.05) is 43.1 Å². The van der Waals surface area contributed by atoms with E-state index in [0.29, 0.717) is 17.2 Å². The van der Waals surface area contributed by atoms with Gasteiger partial charge in [-0.1, -0.05) is 20.8 Å². The van der Waals surface area contributed by atoms with Crippen molar-refractivity contribution in [2.24, 2.45) is 11.8 Å². The van der Waals surface area contributed by atoms with E-state index in [1.165, 1.54) is 18.5 Å². The average Bonchev–Trinajstić information content (AvgIpc) is 3.30. The van der Waals surface area contributed by atoms with Crippen LogP contribution in [0.5, 0.6) is 0 Å². The zero-order valence-corrected chi connectivity index (χ0v) is 19.5. The zero-order valence-electron chi connectivity index (χ0n) is 19.5. The normalized spacial score (nSPS) is 13.4. The minimum Gasteiger partial charge on any atom is -0.399 e. The molecule has 1 saturated heterocycles. The summed E-state index contributed by atoms with van der Waals surface area (Å²) in [5.74, 6) is 0.599.